The molecule has 0 spiro atoms. The number of ether oxygens (including phenoxy) is 4. The van der Waals surface area contributed by atoms with Gasteiger partial charge >= 0.3 is 23.9 Å². The number of nitrogens with one attached hydrogen (secondary N) is 7. The standard InChI is InChI=1S/C57H99N7O19/c65-40-44(61-39-43-19-15-16-20-43)21-17-18-30-58-48(66)27-24-46(56(76)77)63-51(69)29-26-47(57(78)79)64-53(71)42-83-38-36-81-34-32-60-52(70)41-82-37-35-80-33-31-59-49(67)28-25-45(55(74)75)62-50(68)22-13-11-9-7-5-3-1-2-4-6-8-10-12-14-23-54(72)73/h40,43-47,61H,1-39,41-42H2,(H,58,66)(H,59,67)(H,60,70)(H,62,68)(H,63,69)(H,64,71)(H,72,73)(H,74,75)(H,76,77)(H,78,79)/t44-,45-,46-,47-/m0/s1. The maximum absolute atomic E-state index is 12.5. The molecular formula is C57H99N7O19. The summed E-state index contributed by atoms with van der Waals surface area (Å²) >= 11 is 0. The van der Waals surface area contributed by atoms with E-state index in [2.05, 4.69) is 37.2 Å². The molecule has 1 rings (SSSR count). The van der Waals surface area contributed by atoms with Gasteiger partial charge in [-0.15, -0.1) is 0 Å². The maximum Gasteiger partial charge on any atom is 0.326 e. The van der Waals surface area contributed by atoms with Crippen molar-refractivity contribution in [3.05, 3.63) is 0 Å². The molecule has 0 aromatic rings. The summed E-state index contributed by atoms with van der Waals surface area (Å²) in [6, 6.07) is -4.29. The quantitative estimate of drug-likeness (QED) is 0.0307. The molecule has 0 radical (unpaired) electrons. The lowest BCUT2D eigenvalue weighted by molar-refractivity contribution is -0.144. The van der Waals surface area contributed by atoms with Crippen molar-refractivity contribution in [2.24, 2.45) is 5.92 Å². The van der Waals surface area contributed by atoms with Crippen LogP contribution < -0.4 is 37.2 Å². The number of rotatable bonds is 57. The molecule has 83 heavy (non-hydrogen) atoms. The van der Waals surface area contributed by atoms with Gasteiger partial charge in [-0.05, 0) is 76.7 Å². The first-order valence-corrected chi connectivity index (χ1v) is 30.1. The minimum Gasteiger partial charge on any atom is -0.481 e. The number of carbonyl (C=O) groups excluding carboxylic acids is 7. The Morgan fingerprint density at radius 1 is 0.398 bits per heavy atom. The lowest BCUT2D eigenvalue weighted by Crippen LogP contribution is -2.45. The van der Waals surface area contributed by atoms with Crippen molar-refractivity contribution in [1.82, 2.24) is 37.2 Å². The second-order valence-electron chi connectivity index (χ2n) is 21.0. The van der Waals surface area contributed by atoms with Crippen molar-refractivity contribution in [2.75, 3.05) is 79.0 Å². The van der Waals surface area contributed by atoms with E-state index in [0.29, 0.717) is 38.1 Å². The summed E-state index contributed by atoms with van der Waals surface area (Å²) < 4.78 is 21.2. The average Bonchev–Trinajstić information content (AvgIpc) is 3.99. The van der Waals surface area contributed by atoms with Crippen LogP contribution in [0.15, 0.2) is 0 Å². The fraction of sp³-hybridized carbons (Fsp3) is 0.807. The number of hydrogen-bond donors (Lipinski definition) is 11. The third-order valence-corrected chi connectivity index (χ3v) is 13.8. The Morgan fingerprint density at radius 2 is 0.783 bits per heavy atom. The summed E-state index contributed by atoms with van der Waals surface area (Å²) in [6.07, 6.45) is 21.6. The first-order chi connectivity index (χ1) is 40.0. The molecule has 0 aromatic heterocycles. The number of unbranched alkanes of at least 4 members (excludes halogenated alkanes) is 14. The van der Waals surface area contributed by atoms with Gasteiger partial charge in [0.2, 0.25) is 35.4 Å². The van der Waals surface area contributed by atoms with Gasteiger partial charge in [0.05, 0.1) is 45.7 Å². The Morgan fingerprint density at radius 3 is 1.24 bits per heavy atom. The van der Waals surface area contributed by atoms with Gasteiger partial charge < -0.3 is 81.4 Å². The largest absolute Gasteiger partial charge is 0.481 e. The molecule has 1 fully saturated rings. The normalized spacial score (nSPS) is 13.7. The summed E-state index contributed by atoms with van der Waals surface area (Å²) in [7, 11) is 0. The van der Waals surface area contributed by atoms with Crippen molar-refractivity contribution in [2.45, 2.75) is 210 Å². The molecule has 0 saturated heterocycles. The van der Waals surface area contributed by atoms with Crippen molar-refractivity contribution >= 4 is 65.6 Å². The monoisotopic (exact) mass is 1190 g/mol. The predicted octanol–water partition coefficient (Wildman–Crippen LogP) is 3.29. The van der Waals surface area contributed by atoms with Crippen LogP contribution in [0.5, 0.6) is 0 Å². The van der Waals surface area contributed by atoms with Gasteiger partial charge in [0.1, 0.15) is 37.6 Å². The minimum absolute atomic E-state index is 0.0408. The number of carboxylic acids is 4. The zero-order valence-corrected chi connectivity index (χ0v) is 48.9. The van der Waals surface area contributed by atoms with E-state index < -0.39 is 84.6 Å². The van der Waals surface area contributed by atoms with Crippen LogP contribution >= 0.6 is 0 Å². The summed E-state index contributed by atoms with van der Waals surface area (Å²) in [5.74, 6) is -7.25. The summed E-state index contributed by atoms with van der Waals surface area (Å²) in [6.45, 7) is 1.19. The summed E-state index contributed by atoms with van der Waals surface area (Å²) in [5, 5.41) is 55.7. The van der Waals surface area contributed by atoms with Crippen molar-refractivity contribution < 1.29 is 92.1 Å². The van der Waals surface area contributed by atoms with Crippen molar-refractivity contribution in [3.8, 4) is 0 Å². The first kappa shape index (κ1) is 75.2. The number of carboxylic acid groups (broad SMARTS) is 4. The van der Waals surface area contributed by atoms with Crippen molar-refractivity contribution in [3.63, 3.8) is 0 Å². The molecule has 4 atom stereocenters. The van der Waals surface area contributed by atoms with E-state index >= 15 is 0 Å². The van der Waals surface area contributed by atoms with Gasteiger partial charge in [-0.2, -0.15) is 0 Å². The zero-order chi connectivity index (χ0) is 61.1. The van der Waals surface area contributed by atoms with Crippen LogP contribution in [0.1, 0.15) is 186 Å². The fourth-order valence-corrected chi connectivity index (χ4v) is 9.04. The second kappa shape index (κ2) is 50.7. The number of amides is 6. The topological polar surface area (TPSA) is 390 Å². The Labute approximate surface area is 488 Å². The molecule has 0 aliphatic heterocycles. The highest BCUT2D eigenvalue weighted by molar-refractivity contribution is 5.87. The number of hydrogen-bond acceptors (Lipinski definition) is 16. The molecule has 26 nitrogen and oxygen atoms in total. The Balaban J connectivity index is 2.04. The molecule has 6 amide bonds. The highest BCUT2D eigenvalue weighted by Crippen LogP contribution is 2.24. The van der Waals surface area contributed by atoms with Gasteiger partial charge in [0.15, 0.2) is 0 Å². The summed E-state index contributed by atoms with van der Waals surface area (Å²) in [5.41, 5.74) is 0. The van der Waals surface area contributed by atoms with Gasteiger partial charge in [-0.3, -0.25) is 33.6 Å². The highest BCUT2D eigenvalue weighted by atomic mass is 16.5. The van der Waals surface area contributed by atoms with Crippen LogP contribution in [-0.2, 0) is 71.7 Å². The van der Waals surface area contributed by atoms with Crippen LogP contribution in [0, 0.1) is 5.92 Å². The molecule has 1 saturated carbocycles. The Kier molecular flexibility index (Phi) is 45.9. The molecule has 0 unspecified atom stereocenters. The van der Waals surface area contributed by atoms with Gasteiger partial charge in [0.25, 0.3) is 0 Å². The zero-order valence-electron chi connectivity index (χ0n) is 48.9. The van der Waals surface area contributed by atoms with Crippen LogP contribution in [0.3, 0.4) is 0 Å². The third-order valence-electron chi connectivity index (χ3n) is 13.8. The predicted molar refractivity (Wildman–Crippen MR) is 304 cm³/mol. The number of carbonyl (C=O) groups is 11. The Bertz CT molecular complexity index is 1870. The smallest absolute Gasteiger partial charge is 0.326 e. The van der Waals surface area contributed by atoms with Crippen molar-refractivity contribution in [1.29, 1.82) is 0 Å². The van der Waals surface area contributed by atoms with Gasteiger partial charge in [-0.1, -0.05) is 89.9 Å². The third kappa shape index (κ3) is 45.3. The fourth-order valence-electron chi connectivity index (χ4n) is 9.04. The van der Waals surface area contributed by atoms with E-state index in [1.807, 2.05) is 0 Å². The van der Waals surface area contributed by atoms with E-state index in [0.717, 1.165) is 64.2 Å². The molecule has 476 valence electrons. The van der Waals surface area contributed by atoms with Crippen LogP contribution in [0.4, 0.5) is 0 Å². The molecule has 26 heteroatoms. The number of aldehydes is 1. The SMILES string of the molecule is O=C[C@H](CCCCNC(=O)CC[C@H](NC(=O)CC[C@H](NC(=O)COCCOCCNC(=O)COCCOCCNC(=O)CC[C@H](NC(=O)CCCCCCCCCCCCCCCCC(=O)O)C(=O)O)C(=O)O)C(=O)O)NCC1CCCC1. The van der Waals surface area contributed by atoms with Crippen LogP contribution in [-0.4, -0.2) is 189 Å². The van der Waals surface area contributed by atoms with E-state index in [1.54, 1.807) is 0 Å². The molecule has 0 bridgehead atoms. The average molecular weight is 1190 g/mol. The molecule has 11 N–H and O–H groups in total. The van der Waals surface area contributed by atoms with Gasteiger partial charge in [-0.25, -0.2) is 14.4 Å². The number of aliphatic carboxylic acids is 4. The molecule has 0 heterocycles. The Hall–Kier alpha value is -5.83. The van der Waals surface area contributed by atoms with E-state index in [1.165, 1.54) is 57.8 Å². The van der Waals surface area contributed by atoms with E-state index in [-0.39, 0.29) is 116 Å². The first-order valence-electron chi connectivity index (χ1n) is 30.1. The molecule has 1 aliphatic carbocycles. The summed E-state index contributed by atoms with van der Waals surface area (Å²) in [4.78, 5) is 131. The van der Waals surface area contributed by atoms with Crippen LogP contribution in [0.25, 0.3) is 0 Å². The minimum atomic E-state index is -1.48. The molecule has 1 aliphatic rings. The van der Waals surface area contributed by atoms with Gasteiger partial charge in [0, 0.05) is 51.7 Å². The highest BCUT2D eigenvalue weighted by Gasteiger charge is 2.25. The van der Waals surface area contributed by atoms with Crippen LogP contribution in [0.2, 0.25) is 0 Å². The maximum atomic E-state index is 12.5. The van der Waals surface area contributed by atoms with E-state index in [4.69, 9.17) is 24.1 Å². The lowest BCUT2D eigenvalue weighted by Gasteiger charge is -2.17. The second-order valence-corrected chi connectivity index (χ2v) is 21.0. The molecule has 0 aromatic carbocycles. The molecular weight excluding hydrogens is 1090 g/mol. The van der Waals surface area contributed by atoms with E-state index in [9.17, 15) is 68.1 Å². The lowest BCUT2D eigenvalue weighted by atomic mass is 10.0.